The van der Waals surface area contributed by atoms with E-state index in [2.05, 4.69) is 20.4 Å². The van der Waals surface area contributed by atoms with Crippen LogP contribution < -0.4 is 10.9 Å². The van der Waals surface area contributed by atoms with Crippen LogP contribution >= 0.6 is 0 Å². The van der Waals surface area contributed by atoms with Gasteiger partial charge in [0.1, 0.15) is 5.82 Å². The highest BCUT2D eigenvalue weighted by molar-refractivity contribution is 5.91. The average Bonchev–Trinajstić information content (AvgIpc) is 2.89. The van der Waals surface area contributed by atoms with E-state index in [0.29, 0.717) is 23.9 Å². The molecule has 0 aliphatic heterocycles. The minimum atomic E-state index is -0.228. The second kappa shape index (κ2) is 7.90. The molecule has 0 aliphatic carbocycles. The summed E-state index contributed by atoms with van der Waals surface area (Å²) in [6, 6.07) is 3.26. The average molecular weight is 331 g/mol. The van der Waals surface area contributed by atoms with Gasteiger partial charge in [0.15, 0.2) is 0 Å². The summed E-state index contributed by atoms with van der Waals surface area (Å²) in [4.78, 5) is 31.4. The summed E-state index contributed by atoms with van der Waals surface area (Å²) in [7, 11) is 0. The molecule has 0 atom stereocenters. The normalized spacial score (nSPS) is 11.0. The minimum absolute atomic E-state index is 0.0480. The SMILES string of the molecule is CCCc1cc(=O)[nH]c(-n2nc(C)cc2NC(=O)C(CC)CC)n1. The Morgan fingerprint density at radius 3 is 2.62 bits per heavy atom. The molecule has 0 fully saturated rings. The van der Waals surface area contributed by atoms with E-state index < -0.39 is 0 Å². The molecule has 0 saturated carbocycles. The van der Waals surface area contributed by atoms with Crippen LogP contribution in [-0.4, -0.2) is 25.7 Å². The van der Waals surface area contributed by atoms with Crippen LogP contribution in [-0.2, 0) is 11.2 Å². The summed E-state index contributed by atoms with van der Waals surface area (Å²) in [5, 5.41) is 7.26. The molecule has 2 heterocycles. The van der Waals surface area contributed by atoms with E-state index >= 15 is 0 Å². The summed E-state index contributed by atoms with van der Waals surface area (Å²) in [6.45, 7) is 7.84. The lowest BCUT2D eigenvalue weighted by Gasteiger charge is -2.13. The number of nitrogens with one attached hydrogen (secondary N) is 2. The van der Waals surface area contributed by atoms with Gasteiger partial charge in [-0.25, -0.2) is 4.98 Å². The zero-order chi connectivity index (χ0) is 17.7. The van der Waals surface area contributed by atoms with Crippen LogP contribution in [0.5, 0.6) is 0 Å². The van der Waals surface area contributed by atoms with Crippen molar-refractivity contribution in [1.29, 1.82) is 0 Å². The third kappa shape index (κ3) is 4.10. The first-order chi connectivity index (χ1) is 11.5. The number of carbonyl (C=O) groups excluding carboxylic acids is 1. The highest BCUT2D eigenvalue weighted by Gasteiger charge is 2.18. The van der Waals surface area contributed by atoms with Gasteiger partial charge in [0.25, 0.3) is 5.56 Å². The van der Waals surface area contributed by atoms with Crippen molar-refractivity contribution in [2.45, 2.75) is 53.4 Å². The lowest BCUT2D eigenvalue weighted by molar-refractivity contribution is -0.120. The molecule has 0 radical (unpaired) electrons. The molecule has 7 heteroatoms. The Bertz CT molecular complexity index is 759. The monoisotopic (exact) mass is 331 g/mol. The van der Waals surface area contributed by atoms with Gasteiger partial charge in [-0.1, -0.05) is 27.2 Å². The van der Waals surface area contributed by atoms with Gasteiger partial charge in [-0.05, 0) is 26.2 Å². The van der Waals surface area contributed by atoms with Crippen molar-refractivity contribution in [2.24, 2.45) is 5.92 Å². The molecule has 2 N–H and O–H groups in total. The zero-order valence-electron chi connectivity index (χ0n) is 14.7. The number of amides is 1. The fourth-order valence-corrected chi connectivity index (χ4v) is 2.62. The van der Waals surface area contributed by atoms with E-state index in [1.165, 1.54) is 10.7 Å². The van der Waals surface area contributed by atoms with Crippen LogP contribution in [0, 0.1) is 12.8 Å². The number of rotatable bonds is 7. The fraction of sp³-hybridized carbons (Fsp3) is 0.529. The highest BCUT2D eigenvalue weighted by Crippen LogP contribution is 2.17. The summed E-state index contributed by atoms with van der Waals surface area (Å²) in [6.07, 6.45) is 3.16. The second-order valence-electron chi connectivity index (χ2n) is 5.90. The number of aryl methyl sites for hydroxylation is 2. The van der Waals surface area contributed by atoms with Crippen LogP contribution in [0.1, 0.15) is 51.4 Å². The van der Waals surface area contributed by atoms with Gasteiger partial charge in [0.05, 0.1) is 5.69 Å². The first kappa shape index (κ1) is 17.9. The number of aromatic nitrogens is 4. The van der Waals surface area contributed by atoms with Crippen molar-refractivity contribution >= 4 is 11.7 Å². The molecule has 24 heavy (non-hydrogen) atoms. The van der Waals surface area contributed by atoms with Gasteiger partial charge in [0.2, 0.25) is 11.9 Å². The van der Waals surface area contributed by atoms with Crippen molar-refractivity contribution in [3.8, 4) is 5.95 Å². The largest absolute Gasteiger partial charge is 0.310 e. The van der Waals surface area contributed by atoms with E-state index in [1.54, 1.807) is 6.07 Å². The molecule has 7 nitrogen and oxygen atoms in total. The molecule has 0 spiro atoms. The molecular formula is C17H25N5O2. The van der Waals surface area contributed by atoms with Crippen LogP contribution in [0.2, 0.25) is 0 Å². The van der Waals surface area contributed by atoms with Crippen LogP contribution in [0.25, 0.3) is 5.95 Å². The number of H-pyrrole nitrogens is 1. The van der Waals surface area contributed by atoms with Crippen molar-refractivity contribution in [2.75, 3.05) is 5.32 Å². The molecule has 0 aliphatic rings. The van der Waals surface area contributed by atoms with Crippen molar-refractivity contribution < 1.29 is 4.79 Å². The number of nitrogens with zero attached hydrogens (tertiary/aromatic N) is 3. The maximum absolute atomic E-state index is 12.4. The lowest BCUT2D eigenvalue weighted by Crippen LogP contribution is -2.24. The molecule has 0 bridgehead atoms. The van der Waals surface area contributed by atoms with Crippen LogP contribution in [0.15, 0.2) is 16.9 Å². The Hall–Kier alpha value is -2.44. The van der Waals surface area contributed by atoms with E-state index in [-0.39, 0.29) is 17.4 Å². The van der Waals surface area contributed by atoms with Crippen LogP contribution in [0.4, 0.5) is 5.82 Å². The number of carbonyl (C=O) groups is 1. The number of anilines is 1. The first-order valence-electron chi connectivity index (χ1n) is 8.46. The molecule has 2 rings (SSSR count). The highest BCUT2D eigenvalue weighted by atomic mass is 16.2. The minimum Gasteiger partial charge on any atom is -0.310 e. The van der Waals surface area contributed by atoms with E-state index in [1.807, 2.05) is 27.7 Å². The Morgan fingerprint density at radius 2 is 2.00 bits per heavy atom. The number of aromatic amines is 1. The fourth-order valence-electron chi connectivity index (χ4n) is 2.62. The van der Waals surface area contributed by atoms with E-state index in [9.17, 15) is 9.59 Å². The Labute approximate surface area is 141 Å². The van der Waals surface area contributed by atoms with E-state index in [0.717, 1.165) is 25.0 Å². The van der Waals surface area contributed by atoms with Crippen molar-refractivity contribution in [3.63, 3.8) is 0 Å². The molecule has 2 aromatic rings. The lowest BCUT2D eigenvalue weighted by atomic mass is 10.0. The van der Waals surface area contributed by atoms with Gasteiger partial charge in [-0.15, -0.1) is 0 Å². The standard InChI is InChI=1S/C17H25N5O2/c1-5-8-13-10-15(23)20-17(18-13)22-14(9-11(4)21-22)19-16(24)12(6-2)7-3/h9-10,12H,5-8H2,1-4H3,(H,19,24)(H,18,20,23). The van der Waals surface area contributed by atoms with Gasteiger partial charge >= 0.3 is 0 Å². The molecule has 0 unspecified atom stereocenters. The number of hydrogen-bond donors (Lipinski definition) is 2. The number of hydrogen-bond acceptors (Lipinski definition) is 4. The van der Waals surface area contributed by atoms with Gasteiger partial charge in [-0.2, -0.15) is 9.78 Å². The molecule has 130 valence electrons. The smallest absolute Gasteiger partial charge is 0.252 e. The van der Waals surface area contributed by atoms with Crippen molar-refractivity contribution in [3.05, 3.63) is 33.9 Å². The molecule has 1 amide bonds. The summed E-state index contributed by atoms with van der Waals surface area (Å²) in [5.74, 6) is 0.736. The van der Waals surface area contributed by atoms with Gasteiger partial charge in [-0.3, -0.25) is 14.6 Å². The predicted molar refractivity (Wildman–Crippen MR) is 93.4 cm³/mol. The molecular weight excluding hydrogens is 306 g/mol. The third-order valence-corrected chi connectivity index (χ3v) is 3.93. The Balaban J connectivity index is 2.38. The summed E-state index contributed by atoms with van der Waals surface area (Å²) >= 11 is 0. The Morgan fingerprint density at radius 1 is 1.29 bits per heavy atom. The van der Waals surface area contributed by atoms with Crippen molar-refractivity contribution in [1.82, 2.24) is 19.7 Å². The quantitative estimate of drug-likeness (QED) is 0.815. The second-order valence-corrected chi connectivity index (χ2v) is 5.90. The molecule has 2 aromatic heterocycles. The molecule has 0 saturated heterocycles. The Kier molecular flexibility index (Phi) is 5.89. The zero-order valence-corrected chi connectivity index (χ0v) is 14.7. The van der Waals surface area contributed by atoms with E-state index in [4.69, 9.17) is 0 Å². The topological polar surface area (TPSA) is 92.7 Å². The predicted octanol–water partition coefficient (Wildman–Crippen LogP) is 2.59. The van der Waals surface area contributed by atoms with Gasteiger partial charge < -0.3 is 5.32 Å². The maximum atomic E-state index is 12.4. The maximum Gasteiger partial charge on any atom is 0.252 e. The summed E-state index contributed by atoms with van der Waals surface area (Å²) < 4.78 is 1.48. The van der Waals surface area contributed by atoms with Gasteiger partial charge in [0, 0.05) is 23.7 Å². The third-order valence-electron chi connectivity index (χ3n) is 3.93. The van der Waals surface area contributed by atoms with Crippen LogP contribution in [0.3, 0.4) is 0 Å². The summed E-state index contributed by atoms with van der Waals surface area (Å²) in [5.41, 5.74) is 1.22. The molecule has 0 aromatic carbocycles. The first-order valence-corrected chi connectivity index (χ1v) is 8.46.